The van der Waals surface area contributed by atoms with Crippen LogP contribution in [0.1, 0.15) is 258 Å². The van der Waals surface area contributed by atoms with Crippen LogP contribution in [-0.2, 0) is 19.1 Å². The van der Waals surface area contributed by atoms with Crippen LogP contribution in [-0.4, -0.2) is 36.4 Å². The lowest BCUT2D eigenvalue weighted by atomic mass is 10.0. The number of unbranched alkanes of at least 4 members (excludes halogenated alkanes) is 23. The van der Waals surface area contributed by atoms with Gasteiger partial charge in [-0.15, -0.1) is 0 Å². The van der Waals surface area contributed by atoms with Crippen molar-refractivity contribution in [3.8, 4) is 0 Å². The van der Waals surface area contributed by atoms with Crippen LogP contribution in [0.25, 0.3) is 0 Å². The van der Waals surface area contributed by atoms with Crippen molar-refractivity contribution < 1.29 is 24.2 Å². The molecule has 1 N–H and O–H groups in total. The summed E-state index contributed by atoms with van der Waals surface area (Å²) in [5.41, 5.74) is 0. The molecule has 5 heteroatoms. The predicted octanol–water partition coefficient (Wildman–Crippen LogP) is 20.4. The first kappa shape index (κ1) is 68.0. The van der Waals surface area contributed by atoms with E-state index in [1.807, 2.05) is 0 Å². The Balaban J connectivity index is 3.61. The van der Waals surface area contributed by atoms with Gasteiger partial charge < -0.3 is 14.6 Å². The second-order valence-electron chi connectivity index (χ2n) is 19.3. The first-order valence-electron chi connectivity index (χ1n) is 29.7. The van der Waals surface area contributed by atoms with Crippen molar-refractivity contribution in [2.45, 2.75) is 264 Å². The van der Waals surface area contributed by atoms with Crippen LogP contribution in [0.15, 0.2) is 134 Å². The zero-order valence-corrected chi connectivity index (χ0v) is 46.6. The highest BCUT2D eigenvalue weighted by Gasteiger charge is 2.16. The molecule has 0 fully saturated rings. The maximum Gasteiger partial charge on any atom is 0.306 e. The van der Waals surface area contributed by atoms with Gasteiger partial charge in [0.15, 0.2) is 6.10 Å². The number of aliphatic hydroxyl groups excluding tert-OH is 1. The summed E-state index contributed by atoms with van der Waals surface area (Å²) >= 11 is 0. The van der Waals surface area contributed by atoms with Crippen molar-refractivity contribution >= 4 is 11.9 Å². The molecule has 0 heterocycles. The van der Waals surface area contributed by atoms with E-state index in [0.717, 1.165) is 116 Å². The zero-order valence-electron chi connectivity index (χ0n) is 46.6. The molecule has 0 aliphatic rings. The van der Waals surface area contributed by atoms with Gasteiger partial charge in [-0.1, -0.05) is 282 Å². The van der Waals surface area contributed by atoms with Crippen LogP contribution in [0.4, 0.5) is 0 Å². The van der Waals surface area contributed by atoms with E-state index in [1.54, 1.807) is 0 Å². The summed E-state index contributed by atoms with van der Waals surface area (Å²) in [7, 11) is 0. The number of ether oxygens (including phenoxy) is 2. The molecule has 1 unspecified atom stereocenters. The van der Waals surface area contributed by atoms with Gasteiger partial charge in [-0.05, 0) is 96.3 Å². The van der Waals surface area contributed by atoms with Crippen LogP contribution in [0.3, 0.4) is 0 Å². The van der Waals surface area contributed by atoms with Crippen molar-refractivity contribution in [2.75, 3.05) is 13.2 Å². The molecule has 408 valence electrons. The van der Waals surface area contributed by atoms with Crippen LogP contribution in [0.5, 0.6) is 0 Å². The molecule has 0 rings (SSSR count). The Labute approximate surface area is 445 Å². The van der Waals surface area contributed by atoms with E-state index in [9.17, 15) is 14.7 Å². The van der Waals surface area contributed by atoms with E-state index in [-0.39, 0.29) is 25.2 Å². The molecule has 0 aliphatic heterocycles. The summed E-state index contributed by atoms with van der Waals surface area (Å²) in [6, 6.07) is 0. The first-order chi connectivity index (χ1) is 35.6. The molecular formula is C67H110O5. The van der Waals surface area contributed by atoms with Crippen molar-refractivity contribution in [2.24, 2.45) is 0 Å². The van der Waals surface area contributed by atoms with Gasteiger partial charge >= 0.3 is 11.9 Å². The molecule has 0 aromatic heterocycles. The summed E-state index contributed by atoms with van der Waals surface area (Å²) in [5, 5.41) is 9.65. The molecule has 0 amide bonds. The van der Waals surface area contributed by atoms with Gasteiger partial charge in [0.2, 0.25) is 0 Å². The van der Waals surface area contributed by atoms with E-state index >= 15 is 0 Å². The van der Waals surface area contributed by atoms with Crippen LogP contribution >= 0.6 is 0 Å². The molecule has 0 aliphatic carbocycles. The fraction of sp³-hybridized carbons (Fsp3) is 0.642. The summed E-state index contributed by atoms with van der Waals surface area (Å²) in [4.78, 5) is 24.5. The Morgan fingerprint density at radius 3 is 0.903 bits per heavy atom. The molecule has 0 saturated heterocycles. The molecular weight excluding hydrogens is 885 g/mol. The number of esters is 2. The van der Waals surface area contributed by atoms with E-state index in [2.05, 4.69) is 148 Å². The molecule has 72 heavy (non-hydrogen) atoms. The molecule has 0 bridgehead atoms. The first-order valence-corrected chi connectivity index (χ1v) is 29.7. The molecule has 0 aromatic carbocycles. The number of carbonyl (C=O) groups excluding carboxylic acids is 2. The largest absolute Gasteiger partial charge is 0.462 e. The Hall–Kier alpha value is -3.96. The van der Waals surface area contributed by atoms with Gasteiger partial charge in [-0.2, -0.15) is 0 Å². The topological polar surface area (TPSA) is 72.8 Å². The van der Waals surface area contributed by atoms with E-state index < -0.39 is 6.10 Å². The number of rotatable bonds is 53. The van der Waals surface area contributed by atoms with E-state index in [0.29, 0.717) is 12.8 Å². The van der Waals surface area contributed by atoms with Gasteiger partial charge in [0.1, 0.15) is 6.61 Å². The summed E-state index contributed by atoms with van der Waals surface area (Å²) in [6.07, 6.45) is 91.4. The van der Waals surface area contributed by atoms with Crippen LogP contribution < -0.4 is 0 Å². The Morgan fingerprint density at radius 1 is 0.333 bits per heavy atom. The lowest BCUT2D eigenvalue weighted by molar-refractivity contribution is -0.161. The fourth-order valence-corrected chi connectivity index (χ4v) is 8.03. The minimum Gasteiger partial charge on any atom is -0.462 e. The molecule has 5 nitrogen and oxygen atoms in total. The number of allylic oxidation sites excluding steroid dienone is 22. The summed E-state index contributed by atoms with van der Waals surface area (Å²) < 4.78 is 10.7. The Kier molecular flexibility index (Phi) is 58.0. The Morgan fingerprint density at radius 2 is 0.597 bits per heavy atom. The molecule has 0 saturated carbocycles. The van der Waals surface area contributed by atoms with Crippen molar-refractivity contribution in [3.63, 3.8) is 0 Å². The fourth-order valence-electron chi connectivity index (χ4n) is 8.03. The highest BCUT2D eigenvalue weighted by molar-refractivity contribution is 5.70. The lowest BCUT2D eigenvalue weighted by Gasteiger charge is -2.15. The molecule has 0 spiro atoms. The van der Waals surface area contributed by atoms with Crippen molar-refractivity contribution in [3.05, 3.63) is 134 Å². The normalized spacial score (nSPS) is 13.2. The number of carbonyl (C=O) groups is 2. The van der Waals surface area contributed by atoms with Crippen molar-refractivity contribution in [1.29, 1.82) is 0 Å². The van der Waals surface area contributed by atoms with E-state index in [4.69, 9.17) is 9.47 Å². The second-order valence-corrected chi connectivity index (χ2v) is 19.3. The van der Waals surface area contributed by atoms with Crippen LogP contribution in [0.2, 0.25) is 0 Å². The molecule has 0 radical (unpaired) electrons. The molecule has 0 aromatic rings. The minimum absolute atomic E-state index is 0.0741. The lowest BCUT2D eigenvalue weighted by Crippen LogP contribution is -2.28. The van der Waals surface area contributed by atoms with Gasteiger partial charge in [0, 0.05) is 12.8 Å². The van der Waals surface area contributed by atoms with Gasteiger partial charge in [0.25, 0.3) is 0 Å². The minimum atomic E-state index is -0.785. The number of aliphatic hydroxyl groups is 1. The zero-order chi connectivity index (χ0) is 52.0. The van der Waals surface area contributed by atoms with Crippen LogP contribution in [0, 0.1) is 0 Å². The Bertz CT molecular complexity index is 1500. The average Bonchev–Trinajstić information content (AvgIpc) is 3.38. The average molecular weight is 996 g/mol. The highest BCUT2D eigenvalue weighted by atomic mass is 16.6. The van der Waals surface area contributed by atoms with Crippen molar-refractivity contribution in [1.82, 2.24) is 0 Å². The van der Waals surface area contributed by atoms with Gasteiger partial charge in [-0.25, -0.2) is 0 Å². The number of hydrogen-bond donors (Lipinski definition) is 1. The van der Waals surface area contributed by atoms with Gasteiger partial charge in [0.05, 0.1) is 6.61 Å². The van der Waals surface area contributed by atoms with E-state index in [1.165, 1.54) is 116 Å². The smallest absolute Gasteiger partial charge is 0.306 e. The SMILES string of the molecule is CC/C=C\C/C=C\C/C=C\C/C=C\C/C=C\C/C=C\C/C=C\C/C=C\C/C=C\C/C=C\C/C=C\CCCCCCCCCC(=O)OC(CO)COC(=O)CCCCCCCCCCCCCCCCCCC. The standard InChI is InChI=1S/C67H110O5/c1-3-5-7-9-11-13-15-17-19-21-22-23-24-25-26-27-28-29-30-31-32-33-34-35-36-37-38-39-40-41-42-43-44-46-48-50-52-54-56-58-60-62-67(70)72-65(63-68)64-71-66(69)61-59-57-55-53-51-49-47-45-20-18-16-14-12-10-8-6-4-2/h5,7,11,13,17,19,22-23,25-26,28-29,31-32,34-35,37-38,40-41,43-44,65,68H,3-4,6,8-10,12,14-16,18,20-21,24,27,30,33,36,39,42,45-64H2,1-2H3/b7-5-,13-11-,19-17-,23-22-,26-25-,29-28-,32-31-,35-34-,38-37-,41-40-,44-43-. The third-order valence-corrected chi connectivity index (χ3v) is 12.5. The third kappa shape index (κ3) is 58.6. The number of hydrogen-bond acceptors (Lipinski definition) is 5. The quantitative estimate of drug-likeness (QED) is 0.0373. The predicted molar refractivity (Wildman–Crippen MR) is 315 cm³/mol. The second kappa shape index (κ2) is 61.3. The maximum atomic E-state index is 12.3. The maximum absolute atomic E-state index is 12.3. The summed E-state index contributed by atoms with van der Waals surface area (Å²) in [5.74, 6) is -0.603. The third-order valence-electron chi connectivity index (χ3n) is 12.5. The van der Waals surface area contributed by atoms with Gasteiger partial charge in [-0.3, -0.25) is 9.59 Å². The molecule has 1 atom stereocenters. The summed E-state index contributed by atoms with van der Waals surface area (Å²) in [6.45, 7) is 4.03. The monoisotopic (exact) mass is 995 g/mol. The highest BCUT2D eigenvalue weighted by Crippen LogP contribution is 2.15.